The molecule has 0 radical (unpaired) electrons. The number of carbonyl (C=O) groups excluding carboxylic acids is 2. The van der Waals surface area contributed by atoms with E-state index in [-0.39, 0.29) is 10.4 Å². The molecule has 1 amide bonds. The molecule has 0 bridgehead atoms. The van der Waals surface area contributed by atoms with Crippen molar-refractivity contribution in [3.63, 3.8) is 0 Å². The van der Waals surface area contributed by atoms with Crippen molar-refractivity contribution < 1.29 is 9.59 Å². The summed E-state index contributed by atoms with van der Waals surface area (Å²) in [5.74, 6) is 0. The number of nitrogens with one attached hydrogen (secondary N) is 1. The molecule has 4 nitrogen and oxygen atoms in total. The Hall–Kier alpha value is -2.01. The van der Waals surface area contributed by atoms with E-state index in [9.17, 15) is 9.59 Å². The minimum absolute atomic E-state index is 0.229. The molecule has 18 heavy (non-hydrogen) atoms. The number of aromatic nitrogens is 1. The molecular weight excluding hydrogens is 248 g/mol. The van der Waals surface area contributed by atoms with E-state index in [1.54, 1.807) is 6.08 Å². The molecular formula is C13H10N2O2S. The van der Waals surface area contributed by atoms with Crippen LogP contribution in [0.3, 0.4) is 0 Å². The minimum Gasteiger partial charge on any atom is -0.351 e. The lowest BCUT2D eigenvalue weighted by Crippen LogP contribution is -2.10. The lowest BCUT2D eigenvalue weighted by atomic mass is 10.1. The summed E-state index contributed by atoms with van der Waals surface area (Å²) in [6.45, 7) is 0. The van der Waals surface area contributed by atoms with E-state index in [2.05, 4.69) is 5.32 Å². The highest BCUT2D eigenvalue weighted by Crippen LogP contribution is 2.25. The normalized spacial score (nSPS) is 17.7. The van der Waals surface area contributed by atoms with Crippen LogP contribution in [-0.2, 0) is 11.8 Å². The first kappa shape index (κ1) is 11.1. The number of benzene rings is 1. The van der Waals surface area contributed by atoms with Crippen molar-refractivity contribution in [2.45, 2.75) is 0 Å². The predicted octanol–water partition coefficient (Wildman–Crippen LogP) is 2.50. The van der Waals surface area contributed by atoms with Gasteiger partial charge in [0.25, 0.3) is 5.24 Å². The van der Waals surface area contributed by atoms with Gasteiger partial charge in [0, 0.05) is 35.9 Å². The summed E-state index contributed by atoms with van der Waals surface area (Å²) in [7, 11) is 1.97. The molecule has 0 spiro atoms. The van der Waals surface area contributed by atoms with Gasteiger partial charge in [0.2, 0.25) is 5.12 Å². The number of aryl methyl sites for hydroxylation is 1. The van der Waals surface area contributed by atoms with Crippen molar-refractivity contribution in [3.05, 3.63) is 41.7 Å². The van der Waals surface area contributed by atoms with Crippen molar-refractivity contribution in [1.82, 2.24) is 9.88 Å². The zero-order valence-corrected chi connectivity index (χ0v) is 10.5. The van der Waals surface area contributed by atoms with Crippen LogP contribution in [0.5, 0.6) is 0 Å². The molecule has 1 aromatic heterocycles. The molecule has 1 aliphatic rings. The maximum absolute atomic E-state index is 11.5. The van der Waals surface area contributed by atoms with E-state index in [0.717, 1.165) is 16.5 Å². The van der Waals surface area contributed by atoms with Gasteiger partial charge in [0.15, 0.2) is 0 Å². The van der Waals surface area contributed by atoms with Crippen LogP contribution >= 0.6 is 11.8 Å². The molecule has 0 unspecified atom stereocenters. The summed E-state index contributed by atoms with van der Waals surface area (Å²) in [5, 5.41) is 3.07. The summed E-state index contributed by atoms with van der Waals surface area (Å²) < 4.78 is 2.02. The van der Waals surface area contributed by atoms with Crippen LogP contribution in [0.4, 0.5) is 4.79 Å². The van der Waals surface area contributed by atoms with Gasteiger partial charge in [-0.1, -0.05) is 12.1 Å². The minimum atomic E-state index is -0.313. The number of hydrogen-bond acceptors (Lipinski definition) is 3. The number of amides is 1. The van der Waals surface area contributed by atoms with Gasteiger partial charge >= 0.3 is 0 Å². The second-order valence-electron chi connectivity index (χ2n) is 4.07. The second-order valence-corrected chi connectivity index (χ2v) is 5.01. The predicted molar refractivity (Wildman–Crippen MR) is 72.0 cm³/mol. The number of hydrogen-bond donors (Lipinski definition) is 1. The third-order valence-corrected chi connectivity index (χ3v) is 3.60. The highest BCUT2D eigenvalue weighted by molar-refractivity contribution is 8.27. The topological polar surface area (TPSA) is 51.1 Å². The van der Waals surface area contributed by atoms with Crippen molar-refractivity contribution in [1.29, 1.82) is 0 Å². The van der Waals surface area contributed by atoms with Crippen molar-refractivity contribution >= 4 is 39.1 Å². The van der Waals surface area contributed by atoms with Gasteiger partial charge in [-0.2, -0.15) is 0 Å². The SMILES string of the molecule is Cn1ccc2c(C=C3NC(=O)SC3=O)cccc21. The number of nitrogens with zero attached hydrogens (tertiary/aromatic N) is 1. The molecule has 1 aliphatic heterocycles. The van der Waals surface area contributed by atoms with E-state index in [4.69, 9.17) is 0 Å². The van der Waals surface area contributed by atoms with Crippen LogP contribution in [0, 0.1) is 0 Å². The lowest BCUT2D eigenvalue weighted by Gasteiger charge is -2.00. The highest BCUT2D eigenvalue weighted by Gasteiger charge is 2.25. The Bertz CT molecular complexity index is 700. The number of fused-ring (bicyclic) bond motifs is 1. The van der Waals surface area contributed by atoms with E-state index in [0.29, 0.717) is 17.5 Å². The van der Waals surface area contributed by atoms with Gasteiger partial charge in [-0.15, -0.1) is 0 Å². The molecule has 5 heteroatoms. The monoisotopic (exact) mass is 258 g/mol. The third kappa shape index (κ3) is 1.73. The van der Waals surface area contributed by atoms with Crippen molar-refractivity contribution in [2.75, 3.05) is 0 Å². The smallest absolute Gasteiger partial charge is 0.291 e. The first-order chi connectivity index (χ1) is 8.65. The Balaban J connectivity index is 2.13. The Morgan fingerprint density at radius 2 is 2.11 bits per heavy atom. The zero-order valence-electron chi connectivity index (χ0n) is 9.64. The number of thioether (sulfide) groups is 1. The standard InChI is InChI=1S/C13H10N2O2S/c1-15-6-5-9-8(3-2-4-11(9)15)7-10-12(16)18-13(17)14-10/h2-7H,1H3,(H,14,17). The molecule has 1 aromatic carbocycles. The number of rotatable bonds is 1. The Morgan fingerprint density at radius 1 is 1.28 bits per heavy atom. The summed E-state index contributed by atoms with van der Waals surface area (Å²) in [6.07, 6.45) is 3.69. The van der Waals surface area contributed by atoms with Crippen LogP contribution in [0.2, 0.25) is 0 Å². The lowest BCUT2D eigenvalue weighted by molar-refractivity contribution is -0.107. The first-order valence-corrected chi connectivity index (χ1v) is 6.26. The van der Waals surface area contributed by atoms with Gasteiger partial charge in [0.1, 0.15) is 0 Å². The molecule has 2 aromatic rings. The molecule has 1 fully saturated rings. The average molecular weight is 258 g/mol. The van der Waals surface area contributed by atoms with Gasteiger partial charge in [-0.25, -0.2) is 0 Å². The zero-order chi connectivity index (χ0) is 12.7. The van der Waals surface area contributed by atoms with Crippen molar-refractivity contribution in [3.8, 4) is 0 Å². The van der Waals surface area contributed by atoms with Crippen LogP contribution in [0.25, 0.3) is 17.0 Å². The Morgan fingerprint density at radius 3 is 2.83 bits per heavy atom. The van der Waals surface area contributed by atoms with Crippen LogP contribution in [0.15, 0.2) is 36.2 Å². The molecule has 0 saturated carbocycles. The van der Waals surface area contributed by atoms with Gasteiger partial charge in [0.05, 0.1) is 5.70 Å². The Labute approximate surface area is 108 Å². The maximum atomic E-state index is 11.5. The molecule has 0 atom stereocenters. The molecule has 1 saturated heterocycles. The first-order valence-electron chi connectivity index (χ1n) is 5.44. The molecule has 90 valence electrons. The second kappa shape index (κ2) is 4.03. The fourth-order valence-electron chi connectivity index (χ4n) is 2.03. The van der Waals surface area contributed by atoms with Gasteiger partial charge in [-0.05, 0) is 23.8 Å². The van der Waals surface area contributed by atoms with E-state index in [1.165, 1.54) is 0 Å². The fraction of sp³-hybridized carbons (Fsp3) is 0.0769. The van der Waals surface area contributed by atoms with Crippen LogP contribution in [0.1, 0.15) is 5.56 Å². The van der Waals surface area contributed by atoms with Gasteiger partial charge < -0.3 is 9.88 Å². The van der Waals surface area contributed by atoms with Gasteiger partial charge in [-0.3, -0.25) is 9.59 Å². The van der Waals surface area contributed by atoms with Crippen LogP contribution < -0.4 is 5.32 Å². The largest absolute Gasteiger partial charge is 0.351 e. The van der Waals surface area contributed by atoms with E-state index in [1.807, 2.05) is 42.1 Å². The number of carbonyl (C=O) groups is 2. The maximum Gasteiger partial charge on any atom is 0.291 e. The highest BCUT2D eigenvalue weighted by atomic mass is 32.2. The average Bonchev–Trinajstić information content (AvgIpc) is 2.85. The van der Waals surface area contributed by atoms with E-state index < -0.39 is 0 Å². The summed E-state index contributed by atoms with van der Waals surface area (Å²) in [5.41, 5.74) is 2.37. The summed E-state index contributed by atoms with van der Waals surface area (Å²) in [6, 6.07) is 7.87. The van der Waals surface area contributed by atoms with E-state index >= 15 is 0 Å². The Kier molecular flexibility index (Phi) is 2.48. The quantitative estimate of drug-likeness (QED) is 0.799. The molecule has 1 N–H and O–H groups in total. The van der Waals surface area contributed by atoms with Crippen LogP contribution in [-0.4, -0.2) is 14.9 Å². The molecule has 3 rings (SSSR count). The fourth-order valence-corrected chi connectivity index (χ4v) is 2.58. The molecule has 2 heterocycles. The third-order valence-electron chi connectivity index (χ3n) is 2.90. The van der Waals surface area contributed by atoms with Crippen molar-refractivity contribution in [2.24, 2.45) is 7.05 Å². The summed E-state index contributed by atoms with van der Waals surface area (Å²) >= 11 is 0.696. The molecule has 0 aliphatic carbocycles. The summed E-state index contributed by atoms with van der Waals surface area (Å²) in [4.78, 5) is 22.6.